The Hall–Kier alpha value is -0.680. The molecule has 1 aromatic heterocycles. The molecule has 1 aliphatic heterocycles. The summed E-state index contributed by atoms with van der Waals surface area (Å²) < 4.78 is 0. The van der Waals surface area contributed by atoms with E-state index in [1.165, 1.54) is 0 Å². The summed E-state index contributed by atoms with van der Waals surface area (Å²) in [5, 5.41) is 19.8. The van der Waals surface area contributed by atoms with Crippen molar-refractivity contribution in [2.45, 2.75) is 38.8 Å². The van der Waals surface area contributed by atoms with Crippen LogP contribution in [0, 0.1) is 6.92 Å². The Balaban J connectivity index is 2.17. The highest BCUT2D eigenvalue weighted by Gasteiger charge is 2.28. The number of anilines is 1. The highest BCUT2D eigenvalue weighted by molar-refractivity contribution is 7.15. The predicted molar refractivity (Wildman–Crippen MR) is 56.7 cm³/mol. The normalized spacial score (nSPS) is 28.1. The second kappa shape index (κ2) is 3.82. The van der Waals surface area contributed by atoms with Gasteiger partial charge in [0, 0.05) is 6.54 Å². The van der Waals surface area contributed by atoms with Gasteiger partial charge in [-0.2, -0.15) is 0 Å². The van der Waals surface area contributed by atoms with Crippen LogP contribution >= 0.6 is 11.3 Å². The van der Waals surface area contributed by atoms with Crippen LogP contribution in [0.2, 0.25) is 0 Å². The summed E-state index contributed by atoms with van der Waals surface area (Å²) >= 11 is 1.59. The van der Waals surface area contributed by atoms with E-state index in [1.807, 2.05) is 13.8 Å². The maximum absolute atomic E-state index is 9.73. The maximum Gasteiger partial charge on any atom is 0.208 e. The van der Waals surface area contributed by atoms with Gasteiger partial charge in [0.1, 0.15) is 5.01 Å². The average molecular weight is 213 g/mol. The van der Waals surface area contributed by atoms with Crippen LogP contribution in [0.25, 0.3) is 0 Å². The molecule has 1 fully saturated rings. The zero-order valence-electron chi connectivity index (χ0n) is 8.47. The molecule has 2 rings (SSSR count). The third-order valence-electron chi connectivity index (χ3n) is 2.71. The zero-order chi connectivity index (χ0) is 10.1. The number of aryl methyl sites for hydroxylation is 1. The van der Waals surface area contributed by atoms with Crippen LogP contribution in [0.4, 0.5) is 5.13 Å². The maximum atomic E-state index is 9.73. The molecule has 5 heteroatoms. The molecule has 4 nitrogen and oxygen atoms in total. The van der Waals surface area contributed by atoms with Crippen LogP contribution in [0.1, 0.15) is 24.8 Å². The largest absolute Gasteiger partial charge is 0.391 e. The molecule has 1 aromatic rings. The van der Waals surface area contributed by atoms with E-state index in [2.05, 4.69) is 15.1 Å². The van der Waals surface area contributed by atoms with E-state index < -0.39 is 0 Å². The van der Waals surface area contributed by atoms with E-state index in [9.17, 15) is 5.11 Å². The molecular weight excluding hydrogens is 198 g/mol. The standard InChI is InChI=1S/C9H15N3OS/c1-6-8(13)4-3-5-12(6)9-11-10-7(2)14-9/h6,8,13H,3-5H2,1-2H3. The van der Waals surface area contributed by atoms with Gasteiger partial charge in [-0.05, 0) is 26.7 Å². The molecule has 2 unspecified atom stereocenters. The molecule has 0 aromatic carbocycles. The lowest BCUT2D eigenvalue weighted by Gasteiger charge is -2.36. The van der Waals surface area contributed by atoms with Crippen molar-refractivity contribution in [3.63, 3.8) is 0 Å². The number of hydrogen-bond acceptors (Lipinski definition) is 5. The third kappa shape index (κ3) is 1.74. The minimum Gasteiger partial charge on any atom is -0.391 e. The van der Waals surface area contributed by atoms with Gasteiger partial charge in [-0.1, -0.05) is 11.3 Å². The minimum atomic E-state index is -0.229. The van der Waals surface area contributed by atoms with Gasteiger partial charge in [-0.25, -0.2) is 0 Å². The van der Waals surface area contributed by atoms with Gasteiger partial charge in [-0.15, -0.1) is 10.2 Å². The molecule has 2 atom stereocenters. The van der Waals surface area contributed by atoms with E-state index in [-0.39, 0.29) is 12.1 Å². The predicted octanol–water partition coefficient (Wildman–Crippen LogP) is 1.20. The molecular formula is C9H15N3OS. The number of rotatable bonds is 1. The Morgan fingerprint density at radius 2 is 2.29 bits per heavy atom. The van der Waals surface area contributed by atoms with Crippen molar-refractivity contribution in [1.82, 2.24) is 10.2 Å². The van der Waals surface area contributed by atoms with Gasteiger partial charge in [-0.3, -0.25) is 0 Å². The lowest BCUT2D eigenvalue weighted by Crippen LogP contribution is -2.46. The highest BCUT2D eigenvalue weighted by Crippen LogP contribution is 2.27. The topological polar surface area (TPSA) is 49.2 Å². The van der Waals surface area contributed by atoms with Crippen molar-refractivity contribution in [3.8, 4) is 0 Å². The van der Waals surface area contributed by atoms with Gasteiger partial charge in [0.05, 0.1) is 12.1 Å². The Morgan fingerprint density at radius 1 is 1.50 bits per heavy atom. The molecule has 0 spiro atoms. The molecule has 1 aliphatic rings. The molecule has 2 heterocycles. The second-order valence-corrected chi connectivity index (χ2v) is 4.91. The monoisotopic (exact) mass is 213 g/mol. The fourth-order valence-electron chi connectivity index (χ4n) is 1.80. The summed E-state index contributed by atoms with van der Waals surface area (Å²) in [5.41, 5.74) is 0. The summed E-state index contributed by atoms with van der Waals surface area (Å²) in [6, 6.07) is 0.163. The highest BCUT2D eigenvalue weighted by atomic mass is 32.1. The first-order valence-corrected chi connectivity index (χ1v) is 5.75. The lowest BCUT2D eigenvalue weighted by atomic mass is 10.0. The number of piperidine rings is 1. The minimum absolute atomic E-state index is 0.163. The van der Waals surface area contributed by atoms with E-state index >= 15 is 0 Å². The Labute approximate surface area is 87.6 Å². The van der Waals surface area contributed by atoms with Gasteiger partial charge in [0.25, 0.3) is 0 Å². The van der Waals surface area contributed by atoms with Crippen LogP contribution in [-0.2, 0) is 0 Å². The van der Waals surface area contributed by atoms with Crippen molar-refractivity contribution in [3.05, 3.63) is 5.01 Å². The summed E-state index contributed by atoms with van der Waals surface area (Å²) in [6.07, 6.45) is 1.70. The number of nitrogens with zero attached hydrogens (tertiary/aromatic N) is 3. The number of aromatic nitrogens is 2. The molecule has 0 amide bonds. The zero-order valence-corrected chi connectivity index (χ0v) is 9.29. The smallest absolute Gasteiger partial charge is 0.208 e. The van der Waals surface area contributed by atoms with Crippen molar-refractivity contribution in [2.24, 2.45) is 0 Å². The van der Waals surface area contributed by atoms with Crippen molar-refractivity contribution < 1.29 is 5.11 Å². The Kier molecular flexibility index (Phi) is 2.69. The molecule has 0 radical (unpaired) electrons. The number of aliphatic hydroxyl groups is 1. The first-order chi connectivity index (χ1) is 6.68. The SMILES string of the molecule is Cc1nnc(N2CCCC(O)C2C)s1. The average Bonchev–Trinajstić information content (AvgIpc) is 2.57. The van der Waals surface area contributed by atoms with E-state index in [0.29, 0.717) is 0 Å². The number of aliphatic hydroxyl groups excluding tert-OH is 1. The third-order valence-corrected chi connectivity index (χ3v) is 3.58. The summed E-state index contributed by atoms with van der Waals surface area (Å²) in [5.74, 6) is 0. The van der Waals surface area contributed by atoms with Gasteiger partial charge >= 0.3 is 0 Å². The molecule has 0 bridgehead atoms. The van der Waals surface area contributed by atoms with Crippen molar-refractivity contribution >= 4 is 16.5 Å². The first-order valence-electron chi connectivity index (χ1n) is 4.93. The van der Waals surface area contributed by atoms with Crippen LogP contribution in [0.3, 0.4) is 0 Å². The molecule has 0 aliphatic carbocycles. The second-order valence-electron chi connectivity index (χ2n) is 3.75. The van der Waals surface area contributed by atoms with Gasteiger partial charge in [0.15, 0.2) is 0 Å². The summed E-state index contributed by atoms with van der Waals surface area (Å²) in [6.45, 7) is 4.97. The summed E-state index contributed by atoms with van der Waals surface area (Å²) in [7, 11) is 0. The van der Waals surface area contributed by atoms with Crippen molar-refractivity contribution in [2.75, 3.05) is 11.4 Å². The van der Waals surface area contributed by atoms with Crippen molar-refractivity contribution in [1.29, 1.82) is 0 Å². The molecule has 1 saturated heterocycles. The van der Waals surface area contributed by atoms with Crippen LogP contribution in [-0.4, -0.2) is 34.0 Å². The van der Waals surface area contributed by atoms with E-state index in [0.717, 1.165) is 29.5 Å². The lowest BCUT2D eigenvalue weighted by molar-refractivity contribution is 0.119. The number of hydrogen-bond donors (Lipinski definition) is 1. The molecule has 14 heavy (non-hydrogen) atoms. The Morgan fingerprint density at radius 3 is 2.93 bits per heavy atom. The first kappa shape index (κ1) is 9.86. The summed E-state index contributed by atoms with van der Waals surface area (Å²) in [4.78, 5) is 2.15. The molecule has 78 valence electrons. The van der Waals surface area contributed by atoms with Gasteiger partial charge < -0.3 is 10.0 Å². The van der Waals surface area contributed by atoms with E-state index in [4.69, 9.17) is 0 Å². The van der Waals surface area contributed by atoms with Crippen LogP contribution < -0.4 is 4.90 Å². The molecule has 1 N–H and O–H groups in total. The van der Waals surface area contributed by atoms with Crippen LogP contribution in [0.15, 0.2) is 0 Å². The van der Waals surface area contributed by atoms with Crippen LogP contribution in [0.5, 0.6) is 0 Å². The van der Waals surface area contributed by atoms with Gasteiger partial charge in [0.2, 0.25) is 5.13 Å². The fourth-order valence-corrected chi connectivity index (χ4v) is 2.60. The fraction of sp³-hybridized carbons (Fsp3) is 0.778. The quantitative estimate of drug-likeness (QED) is 0.761. The van der Waals surface area contributed by atoms with E-state index in [1.54, 1.807) is 11.3 Å². The Bertz CT molecular complexity index is 315. The molecule has 0 saturated carbocycles.